The number of likely N-dealkylation sites (N-methyl/N-ethyl adjacent to an activating group) is 1. The number of nitrogens with zero attached hydrogens (tertiary/aromatic N) is 2. The summed E-state index contributed by atoms with van der Waals surface area (Å²) in [4.78, 5) is 17.2. The lowest BCUT2D eigenvalue weighted by molar-refractivity contribution is -0.275. The van der Waals surface area contributed by atoms with E-state index in [-0.39, 0.29) is 28.8 Å². The van der Waals surface area contributed by atoms with Gasteiger partial charge in [-0.3, -0.25) is 9.69 Å². The molecule has 1 fully saturated rings. The van der Waals surface area contributed by atoms with Gasteiger partial charge < -0.3 is 19.5 Å². The van der Waals surface area contributed by atoms with Gasteiger partial charge in [0.05, 0.1) is 6.04 Å². The molecule has 45 heavy (non-hydrogen) atoms. The SMILES string of the molecule is CCN(C(=O)c1ccc2c(c1)C(NS(=O)(=O)c1ccccc1OC(F)(F)F)[C@H](O)C(C)(C)O2)C1CCN(Cc2ccccc2)C1. The highest BCUT2D eigenvalue weighted by Crippen LogP contribution is 2.42. The van der Waals surface area contributed by atoms with Gasteiger partial charge in [-0.2, -0.15) is 0 Å². The van der Waals surface area contributed by atoms with E-state index in [2.05, 4.69) is 26.5 Å². The Balaban J connectivity index is 1.42. The van der Waals surface area contributed by atoms with Gasteiger partial charge in [-0.15, -0.1) is 13.2 Å². The van der Waals surface area contributed by atoms with Crippen LogP contribution in [0.5, 0.6) is 11.5 Å². The summed E-state index contributed by atoms with van der Waals surface area (Å²) in [6, 6.07) is 17.6. The normalized spacial score (nSPS) is 21.5. The topological polar surface area (TPSA) is 108 Å². The minimum atomic E-state index is -5.13. The number of halogens is 3. The number of alkyl halides is 3. The van der Waals surface area contributed by atoms with Crippen molar-refractivity contribution in [3.8, 4) is 11.5 Å². The van der Waals surface area contributed by atoms with Gasteiger partial charge in [0.2, 0.25) is 10.0 Å². The fraction of sp³-hybridized carbons (Fsp3) is 0.406. The van der Waals surface area contributed by atoms with Crippen LogP contribution in [0, 0.1) is 0 Å². The van der Waals surface area contributed by atoms with Gasteiger partial charge in [-0.25, -0.2) is 13.1 Å². The summed E-state index contributed by atoms with van der Waals surface area (Å²) in [5, 5.41) is 11.3. The number of fused-ring (bicyclic) bond motifs is 1. The number of para-hydroxylation sites is 1. The van der Waals surface area contributed by atoms with Crippen molar-refractivity contribution in [3.05, 3.63) is 89.5 Å². The molecular weight excluding hydrogens is 611 g/mol. The zero-order valence-electron chi connectivity index (χ0n) is 25.1. The minimum Gasteiger partial charge on any atom is -0.485 e. The molecule has 0 aromatic heterocycles. The molecule has 2 unspecified atom stereocenters. The number of carbonyl (C=O) groups excluding carboxylic acids is 1. The molecule has 9 nitrogen and oxygen atoms in total. The van der Waals surface area contributed by atoms with Crippen molar-refractivity contribution < 1.29 is 41.0 Å². The molecule has 3 aromatic rings. The molecule has 0 saturated carbocycles. The summed E-state index contributed by atoms with van der Waals surface area (Å²) in [7, 11) is -4.68. The molecule has 3 atom stereocenters. The molecule has 0 aliphatic carbocycles. The lowest BCUT2D eigenvalue weighted by Gasteiger charge is -2.42. The van der Waals surface area contributed by atoms with E-state index in [0.717, 1.165) is 31.6 Å². The van der Waals surface area contributed by atoms with Crippen LogP contribution in [0.3, 0.4) is 0 Å². The van der Waals surface area contributed by atoms with Crippen LogP contribution in [-0.2, 0) is 16.6 Å². The molecule has 13 heteroatoms. The summed E-state index contributed by atoms with van der Waals surface area (Å²) in [6.45, 7) is 7.74. The predicted octanol–water partition coefficient (Wildman–Crippen LogP) is 4.87. The van der Waals surface area contributed by atoms with Crippen LogP contribution >= 0.6 is 0 Å². The third kappa shape index (κ3) is 7.27. The number of sulfonamides is 1. The van der Waals surface area contributed by atoms with Gasteiger partial charge in [0.1, 0.15) is 28.1 Å². The number of hydrogen-bond donors (Lipinski definition) is 2. The van der Waals surface area contributed by atoms with Gasteiger partial charge in [0, 0.05) is 43.3 Å². The molecule has 1 amide bonds. The van der Waals surface area contributed by atoms with Crippen LogP contribution in [0.15, 0.2) is 77.7 Å². The smallest absolute Gasteiger partial charge is 0.485 e. The molecule has 242 valence electrons. The van der Waals surface area contributed by atoms with Gasteiger partial charge in [0.15, 0.2) is 0 Å². The number of rotatable bonds is 9. The van der Waals surface area contributed by atoms with E-state index in [9.17, 15) is 31.5 Å². The van der Waals surface area contributed by atoms with E-state index in [4.69, 9.17) is 4.74 Å². The second-order valence-corrected chi connectivity index (χ2v) is 13.4. The predicted molar refractivity (Wildman–Crippen MR) is 160 cm³/mol. The zero-order valence-corrected chi connectivity index (χ0v) is 25.9. The summed E-state index contributed by atoms with van der Waals surface area (Å²) in [5.74, 6) is -0.956. The van der Waals surface area contributed by atoms with Crippen molar-refractivity contribution in [3.63, 3.8) is 0 Å². The standard InChI is InChI=1S/C32H36F3N3O6S/c1-4-38(23-16-17-37(20-23)19-21-10-6-5-7-11-21)30(40)22-14-15-25-24(18-22)28(29(39)31(2,3)43-25)36-45(41,42)27-13-9-8-12-26(27)44-32(33,34)35/h5-15,18,23,28-29,36,39H,4,16-17,19-20H2,1-3H3/t23?,28?,29-/m0/s1. The average Bonchev–Trinajstić information content (AvgIpc) is 3.43. The van der Waals surface area contributed by atoms with E-state index in [1.165, 1.54) is 23.8 Å². The maximum atomic E-state index is 13.9. The van der Waals surface area contributed by atoms with E-state index in [1.54, 1.807) is 30.9 Å². The number of aliphatic hydroxyl groups excluding tert-OH is 1. The Morgan fingerprint density at radius 1 is 1.11 bits per heavy atom. The number of amides is 1. The Hall–Kier alpha value is -3.65. The van der Waals surface area contributed by atoms with Crippen LogP contribution in [0.25, 0.3) is 0 Å². The van der Waals surface area contributed by atoms with Crippen molar-refractivity contribution in [2.75, 3.05) is 19.6 Å². The van der Waals surface area contributed by atoms with E-state index >= 15 is 0 Å². The Kier molecular flexibility index (Phi) is 9.18. The Bertz CT molecular complexity index is 1630. The number of nitrogens with one attached hydrogen (secondary N) is 1. The Morgan fingerprint density at radius 2 is 1.80 bits per heavy atom. The summed E-state index contributed by atoms with van der Waals surface area (Å²) < 4.78 is 78.4. The maximum absolute atomic E-state index is 13.9. The Morgan fingerprint density at radius 3 is 2.49 bits per heavy atom. The molecule has 1 saturated heterocycles. The number of aliphatic hydroxyl groups is 1. The molecule has 2 N–H and O–H groups in total. The monoisotopic (exact) mass is 647 g/mol. The number of likely N-dealkylation sites (tertiary alicyclic amines) is 1. The van der Waals surface area contributed by atoms with Crippen LogP contribution in [0.2, 0.25) is 0 Å². The first-order chi connectivity index (χ1) is 21.2. The number of carbonyl (C=O) groups is 1. The molecule has 2 aliphatic heterocycles. The highest BCUT2D eigenvalue weighted by Gasteiger charge is 2.46. The van der Waals surface area contributed by atoms with Crippen molar-refractivity contribution in [2.24, 2.45) is 0 Å². The van der Waals surface area contributed by atoms with Gasteiger partial charge in [-0.05, 0) is 63.1 Å². The molecule has 2 aliphatic rings. The lowest BCUT2D eigenvalue weighted by atomic mass is 9.86. The zero-order chi connectivity index (χ0) is 32.6. The lowest BCUT2D eigenvalue weighted by Crippen LogP contribution is -2.53. The van der Waals surface area contributed by atoms with Crippen LogP contribution in [0.4, 0.5) is 13.2 Å². The fourth-order valence-electron chi connectivity index (χ4n) is 5.96. The van der Waals surface area contributed by atoms with E-state index < -0.39 is 44.8 Å². The molecule has 3 aromatic carbocycles. The number of hydrogen-bond acceptors (Lipinski definition) is 7. The molecule has 2 heterocycles. The largest absolute Gasteiger partial charge is 0.573 e. The second kappa shape index (κ2) is 12.6. The third-order valence-electron chi connectivity index (χ3n) is 8.18. The first-order valence-corrected chi connectivity index (χ1v) is 16.1. The first kappa shape index (κ1) is 32.7. The van der Waals surface area contributed by atoms with Crippen molar-refractivity contribution in [2.45, 2.75) is 68.8 Å². The third-order valence-corrected chi connectivity index (χ3v) is 9.66. The number of benzene rings is 3. The maximum Gasteiger partial charge on any atom is 0.573 e. The van der Waals surface area contributed by atoms with Gasteiger partial charge in [-0.1, -0.05) is 42.5 Å². The summed E-state index contributed by atoms with van der Waals surface area (Å²) >= 11 is 0. The fourth-order valence-corrected chi connectivity index (χ4v) is 7.31. The molecule has 0 spiro atoms. The van der Waals surface area contributed by atoms with E-state index in [0.29, 0.717) is 13.1 Å². The molecule has 0 radical (unpaired) electrons. The molecule has 5 rings (SSSR count). The van der Waals surface area contributed by atoms with Gasteiger partial charge >= 0.3 is 6.36 Å². The van der Waals surface area contributed by atoms with Crippen molar-refractivity contribution >= 4 is 15.9 Å². The van der Waals surface area contributed by atoms with Gasteiger partial charge in [0.25, 0.3) is 5.91 Å². The van der Waals surface area contributed by atoms with Crippen molar-refractivity contribution in [1.82, 2.24) is 14.5 Å². The minimum absolute atomic E-state index is 0.0394. The summed E-state index contributed by atoms with van der Waals surface area (Å²) in [5.41, 5.74) is 0.343. The second-order valence-electron chi connectivity index (χ2n) is 11.8. The molecule has 0 bridgehead atoms. The highest BCUT2D eigenvalue weighted by molar-refractivity contribution is 7.89. The van der Waals surface area contributed by atoms with Crippen LogP contribution in [0.1, 0.15) is 54.7 Å². The Labute approximate surface area is 260 Å². The van der Waals surface area contributed by atoms with Crippen LogP contribution < -0.4 is 14.2 Å². The van der Waals surface area contributed by atoms with Crippen LogP contribution in [-0.4, -0.2) is 73.0 Å². The average molecular weight is 648 g/mol. The quantitative estimate of drug-likeness (QED) is 0.341. The number of ether oxygens (including phenoxy) is 2. The summed E-state index contributed by atoms with van der Waals surface area (Å²) in [6.07, 6.45) is -5.81. The van der Waals surface area contributed by atoms with E-state index in [1.807, 2.05) is 25.1 Å². The molecular formula is C32H36F3N3O6S. The first-order valence-electron chi connectivity index (χ1n) is 14.6. The van der Waals surface area contributed by atoms with Crippen molar-refractivity contribution in [1.29, 1.82) is 0 Å². The highest BCUT2D eigenvalue weighted by atomic mass is 32.2.